The summed E-state index contributed by atoms with van der Waals surface area (Å²) < 4.78 is 5.13. The fourth-order valence-corrected chi connectivity index (χ4v) is 2.78. The number of hydrazine groups is 1. The molecule has 0 bridgehead atoms. The van der Waals surface area contributed by atoms with Gasteiger partial charge >= 0.3 is 0 Å². The first-order valence-corrected chi connectivity index (χ1v) is 9.26. The van der Waals surface area contributed by atoms with E-state index in [-0.39, 0.29) is 18.4 Å². The summed E-state index contributed by atoms with van der Waals surface area (Å²) in [5, 5.41) is 6.65. The average molecular weight is 373 g/mol. The van der Waals surface area contributed by atoms with Crippen LogP contribution in [0.25, 0.3) is 0 Å². The summed E-state index contributed by atoms with van der Waals surface area (Å²) >= 11 is 0. The number of nitrogens with one attached hydrogen (secondary N) is 3. The molecule has 1 saturated heterocycles. The molecular formula is C18H27N7O2. The lowest BCUT2D eigenvalue weighted by atomic mass is 10.1. The summed E-state index contributed by atoms with van der Waals surface area (Å²) in [5.74, 6) is 2.47. The smallest absolute Gasteiger partial charge is 0.253 e. The molecule has 1 amide bonds. The Labute approximate surface area is 158 Å². The fraction of sp³-hybridized carbons (Fsp3) is 0.556. The molecule has 2 aromatic heterocycles. The molecule has 3 heterocycles. The van der Waals surface area contributed by atoms with Crippen LogP contribution in [0.2, 0.25) is 0 Å². The van der Waals surface area contributed by atoms with E-state index in [0.29, 0.717) is 23.2 Å². The normalized spacial score (nSPS) is 14.7. The fourth-order valence-electron chi connectivity index (χ4n) is 2.78. The maximum atomic E-state index is 12.3. The van der Waals surface area contributed by atoms with Crippen molar-refractivity contribution in [1.29, 1.82) is 0 Å². The number of rotatable bonds is 8. The zero-order valence-electron chi connectivity index (χ0n) is 16.0. The van der Waals surface area contributed by atoms with Gasteiger partial charge in [-0.05, 0) is 24.5 Å². The van der Waals surface area contributed by atoms with Crippen molar-refractivity contribution in [2.24, 2.45) is 5.92 Å². The maximum absolute atomic E-state index is 12.3. The minimum Gasteiger partial charge on any atom is -0.360 e. The lowest BCUT2D eigenvalue weighted by Crippen LogP contribution is -2.25. The van der Waals surface area contributed by atoms with Gasteiger partial charge in [0.2, 0.25) is 5.89 Å². The summed E-state index contributed by atoms with van der Waals surface area (Å²) in [6, 6.07) is 3.65. The Balaban J connectivity index is 1.48. The second-order valence-electron chi connectivity index (χ2n) is 7.13. The van der Waals surface area contributed by atoms with Crippen LogP contribution in [0.5, 0.6) is 0 Å². The Kier molecular flexibility index (Phi) is 6.36. The number of hydrogen-bond acceptors (Lipinski definition) is 8. The summed E-state index contributed by atoms with van der Waals surface area (Å²) in [7, 11) is 2.01. The highest BCUT2D eigenvalue weighted by Gasteiger charge is 2.15. The van der Waals surface area contributed by atoms with E-state index < -0.39 is 0 Å². The number of carbonyl (C=O) groups excluding carboxylic acids is 1. The van der Waals surface area contributed by atoms with Crippen LogP contribution in [0.1, 0.15) is 48.3 Å². The van der Waals surface area contributed by atoms with Crippen LogP contribution in [-0.2, 0) is 6.54 Å². The van der Waals surface area contributed by atoms with Crippen molar-refractivity contribution in [3.05, 3.63) is 35.6 Å². The van der Waals surface area contributed by atoms with Gasteiger partial charge in [0, 0.05) is 38.8 Å². The molecule has 0 unspecified atom stereocenters. The Morgan fingerprint density at radius 1 is 1.37 bits per heavy atom. The highest BCUT2D eigenvalue weighted by Crippen LogP contribution is 2.13. The van der Waals surface area contributed by atoms with Gasteiger partial charge in [0.1, 0.15) is 5.82 Å². The predicted octanol–water partition coefficient (Wildman–Crippen LogP) is 1.07. The summed E-state index contributed by atoms with van der Waals surface area (Å²) in [6.07, 6.45) is 2.68. The number of carbonyl (C=O) groups is 1. The van der Waals surface area contributed by atoms with Crippen LogP contribution in [0.4, 0.5) is 5.82 Å². The monoisotopic (exact) mass is 373 g/mol. The molecule has 0 spiro atoms. The minimum atomic E-state index is -0.212. The molecule has 146 valence electrons. The van der Waals surface area contributed by atoms with Crippen molar-refractivity contribution in [3.8, 4) is 0 Å². The van der Waals surface area contributed by atoms with Crippen LogP contribution in [0, 0.1) is 5.92 Å². The molecule has 0 radical (unpaired) electrons. The molecule has 0 saturated carbocycles. The van der Waals surface area contributed by atoms with E-state index in [1.807, 2.05) is 27.0 Å². The van der Waals surface area contributed by atoms with Gasteiger partial charge in [-0.2, -0.15) is 4.98 Å². The van der Waals surface area contributed by atoms with Gasteiger partial charge in [-0.1, -0.05) is 19.0 Å². The van der Waals surface area contributed by atoms with E-state index in [1.54, 1.807) is 12.3 Å². The van der Waals surface area contributed by atoms with Crippen molar-refractivity contribution >= 4 is 11.7 Å². The third kappa shape index (κ3) is 5.24. The second kappa shape index (κ2) is 8.92. The molecule has 9 heteroatoms. The Hall–Kier alpha value is -2.52. The van der Waals surface area contributed by atoms with E-state index in [1.165, 1.54) is 0 Å². The average Bonchev–Trinajstić information content (AvgIpc) is 3.36. The molecule has 3 N–H and O–H groups in total. The van der Waals surface area contributed by atoms with Gasteiger partial charge < -0.3 is 14.7 Å². The SMILES string of the molecule is CC(C)c1nc(CNC(=O)c2ccc(N(C)CCC3CNNC3)nc2)no1. The van der Waals surface area contributed by atoms with Crippen LogP contribution < -0.4 is 21.1 Å². The standard InChI is InChI=1S/C18H27N7O2/c1-12(2)18-23-15(24-27-18)11-20-17(26)14-4-5-16(19-10-14)25(3)7-6-13-8-21-22-9-13/h4-5,10,12-13,21-22H,6-9,11H2,1-3H3,(H,20,26). The molecule has 1 aliphatic heterocycles. The van der Waals surface area contributed by atoms with Crippen molar-refractivity contribution in [2.75, 3.05) is 31.6 Å². The minimum absolute atomic E-state index is 0.164. The van der Waals surface area contributed by atoms with Gasteiger partial charge in [0.05, 0.1) is 12.1 Å². The second-order valence-corrected chi connectivity index (χ2v) is 7.13. The molecular weight excluding hydrogens is 346 g/mol. The quantitative estimate of drug-likeness (QED) is 0.631. The molecule has 2 aromatic rings. The number of anilines is 1. The van der Waals surface area contributed by atoms with E-state index in [4.69, 9.17) is 4.52 Å². The first kappa shape index (κ1) is 19.2. The lowest BCUT2D eigenvalue weighted by Gasteiger charge is -2.19. The highest BCUT2D eigenvalue weighted by molar-refractivity contribution is 5.93. The van der Waals surface area contributed by atoms with Gasteiger partial charge in [0.25, 0.3) is 5.91 Å². The molecule has 1 fully saturated rings. The zero-order valence-corrected chi connectivity index (χ0v) is 16.0. The van der Waals surface area contributed by atoms with E-state index in [2.05, 4.69) is 36.2 Å². The summed E-state index contributed by atoms with van der Waals surface area (Å²) in [4.78, 5) is 23.0. The lowest BCUT2D eigenvalue weighted by molar-refractivity contribution is 0.0949. The van der Waals surface area contributed by atoms with Crippen LogP contribution in [0.3, 0.4) is 0 Å². The van der Waals surface area contributed by atoms with Crippen LogP contribution >= 0.6 is 0 Å². The molecule has 1 aliphatic rings. The molecule has 0 aromatic carbocycles. The molecule has 9 nitrogen and oxygen atoms in total. The first-order chi connectivity index (χ1) is 13.0. The van der Waals surface area contributed by atoms with Crippen molar-refractivity contribution in [3.63, 3.8) is 0 Å². The molecule has 27 heavy (non-hydrogen) atoms. The van der Waals surface area contributed by atoms with Gasteiger partial charge in [-0.3, -0.25) is 15.6 Å². The Morgan fingerprint density at radius 2 is 2.15 bits per heavy atom. The predicted molar refractivity (Wildman–Crippen MR) is 101 cm³/mol. The number of amides is 1. The molecule has 0 atom stereocenters. The summed E-state index contributed by atoms with van der Waals surface area (Å²) in [5.41, 5.74) is 6.79. The summed E-state index contributed by atoms with van der Waals surface area (Å²) in [6.45, 7) is 7.09. The number of hydrogen-bond donors (Lipinski definition) is 3. The Bertz CT molecular complexity index is 738. The Morgan fingerprint density at radius 3 is 2.78 bits per heavy atom. The molecule has 3 rings (SSSR count). The van der Waals surface area contributed by atoms with Crippen LogP contribution in [-0.4, -0.2) is 47.7 Å². The highest BCUT2D eigenvalue weighted by atomic mass is 16.5. The molecule has 0 aliphatic carbocycles. The third-order valence-corrected chi connectivity index (χ3v) is 4.57. The first-order valence-electron chi connectivity index (χ1n) is 9.26. The maximum Gasteiger partial charge on any atom is 0.253 e. The van der Waals surface area contributed by atoms with Crippen molar-refractivity contribution < 1.29 is 9.32 Å². The van der Waals surface area contributed by atoms with Crippen molar-refractivity contribution in [1.82, 2.24) is 31.3 Å². The van der Waals surface area contributed by atoms with E-state index >= 15 is 0 Å². The van der Waals surface area contributed by atoms with Gasteiger partial charge in [-0.25, -0.2) is 4.98 Å². The van der Waals surface area contributed by atoms with Crippen molar-refractivity contribution in [2.45, 2.75) is 32.7 Å². The third-order valence-electron chi connectivity index (χ3n) is 4.57. The van der Waals surface area contributed by atoms with E-state index in [9.17, 15) is 4.79 Å². The van der Waals surface area contributed by atoms with Gasteiger partial charge in [0.15, 0.2) is 5.82 Å². The van der Waals surface area contributed by atoms with E-state index in [0.717, 1.165) is 31.9 Å². The van der Waals surface area contributed by atoms with Crippen LogP contribution in [0.15, 0.2) is 22.9 Å². The number of aromatic nitrogens is 3. The number of pyridine rings is 1. The topological polar surface area (TPSA) is 108 Å². The number of nitrogens with zero attached hydrogens (tertiary/aromatic N) is 4. The zero-order chi connectivity index (χ0) is 19.2. The van der Waals surface area contributed by atoms with Gasteiger partial charge in [-0.15, -0.1) is 0 Å². The largest absolute Gasteiger partial charge is 0.360 e.